The van der Waals surface area contributed by atoms with Crippen LogP contribution in [0.2, 0.25) is 0 Å². The summed E-state index contributed by atoms with van der Waals surface area (Å²) in [7, 11) is 0. The summed E-state index contributed by atoms with van der Waals surface area (Å²) in [6.07, 6.45) is -27.7. The highest BCUT2D eigenvalue weighted by Crippen LogP contribution is 2.43. The Hall–Kier alpha value is -4.72. The SMILES string of the molecule is CCCCCCCCCCCCC/C=C/[C@@H](O)[C@H](CO[C@@H]1OC(CO)[C@@H](O[C@@H]2OC(CO)[C@H](O[C@@H]3OC(CO)[C@H](O)[C@H](O[C@@H]4OC(CO)[C@H](O)[C@H](O[C@]5(C(=O)O)CC(O)[C@@H](NC(=O)CO)C([C@H](O)[C@H](O)CO)O5)C4O)C3NC(C)=O)[C@H](O[C@]3(C(=O)O)CC(O)[C@@H](NC(C)=O)C([C@H](O)[C@H](O)CO)O3)C2O)[C@H](O)C1O)NC(=O)CCCCCCCCCCCCCCCCCCCCC. The molecule has 4 amide bonds. The van der Waals surface area contributed by atoms with Gasteiger partial charge in [0.05, 0.1) is 82.7 Å². The Morgan fingerprint density at radius 3 is 1.20 bits per heavy atom. The summed E-state index contributed by atoms with van der Waals surface area (Å²) < 4.78 is 72.4. The van der Waals surface area contributed by atoms with Gasteiger partial charge in [0.15, 0.2) is 25.2 Å². The summed E-state index contributed by atoms with van der Waals surface area (Å²) in [5.74, 6) is -15.0. The molecule has 0 bridgehead atoms. The number of aliphatic carboxylic acids is 2. The van der Waals surface area contributed by atoms with Crippen LogP contribution in [0.25, 0.3) is 0 Å². The van der Waals surface area contributed by atoms with Gasteiger partial charge in [0.2, 0.25) is 23.6 Å². The van der Waals surface area contributed by atoms with Crippen LogP contribution in [0, 0.1) is 0 Å². The van der Waals surface area contributed by atoms with Gasteiger partial charge < -0.3 is 190 Å². The third kappa shape index (κ3) is 34.7. The molecule has 6 saturated heterocycles. The minimum absolute atomic E-state index is 0.0919. The number of hydrogen-bond acceptors (Lipinski definition) is 38. The van der Waals surface area contributed by atoms with Crippen LogP contribution >= 0.6 is 0 Å². The van der Waals surface area contributed by atoms with Crippen molar-refractivity contribution in [1.29, 1.82) is 0 Å². The molecule has 0 aromatic carbocycles. The van der Waals surface area contributed by atoms with E-state index in [1.165, 1.54) is 128 Å². The number of hydrogen-bond donors (Lipinski definition) is 26. The number of nitrogens with one attached hydrogen (secondary N) is 4. The summed E-state index contributed by atoms with van der Waals surface area (Å²) in [5.41, 5.74) is 0. The van der Waals surface area contributed by atoms with Gasteiger partial charge in [-0.1, -0.05) is 206 Å². The molecule has 6 rings (SSSR count). The van der Waals surface area contributed by atoms with Crippen LogP contribution in [0.4, 0.5) is 0 Å². The Bertz CT molecular complexity index is 3300. The summed E-state index contributed by atoms with van der Waals surface area (Å²) in [6, 6.07) is -7.13. The summed E-state index contributed by atoms with van der Waals surface area (Å²) in [6.45, 7) is -3.14. The van der Waals surface area contributed by atoms with E-state index in [4.69, 9.17) is 56.8 Å². The number of amides is 4. The first kappa shape index (κ1) is 116. The Morgan fingerprint density at radius 2 is 0.773 bits per heavy atom. The fraction of sp³-hybridized carbons (Fsp3) is 0.909. The van der Waals surface area contributed by atoms with E-state index >= 15 is 0 Å². The van der Waals surface area contributed by atoms with Crippen LogP contribution in [0.5, 0.6) is 0 Å². The van der Waals surface area contributed by atoms with Gasteiger partial charge >= 0.3 is 11.9 Å². The fourth-order valence-electron chi connectivity index (χ4n) is 17.6. The van der Waals surface area contributed by atoms with Gasteiger partial charge in [-0.25, -0.2) is 9.59 Å². The number of ether oxygens (including phenoxy) is 12. The van der Waals surface area contributed by atoms with Crippen molar-refractivity contribution in [2.75, 3.05) is 52.9 Å². The van der Waals surface area contributed by atoms with Gasteiger partial charge in [-0.05, 0) is 19.3 Å². The molecule has 34 atom stereocenters. The maximum Gasteiger partial charge on any atom is 0.364 e. The molecular weight excluding hydrogens is 1750 g/mol. The topological polar surface area (TPSA) is 706 Å². The largest absolute Gasteiger partial charge is 0.477 e. The Morgan fingerprint density at radius 1 is 0.402 bits per heavy atom. The van der Waals surface area contributed by atoms with E-state index in [1.54, 1.807) is 6.08 Å². The van der Waals surface area contributed by atoms with Crippen molar-refractivity contribution in [2.45, 2.75) is 453 Å². The minimum Gasteiger partial charge on any atom is -0.477 e. The smallest absolute Gasteiger partial charge is 0.364 e. The van der Waals surface area contributed by atoms with Crippen molar-refractivity contribution in [1.82, 2.24) is 21.3 Å². The van der Waals surface area contributed by atoms with Crippen LogP contribution in [0.1, 0.15) is 246 Å². The zero-order valence-electron chi connectivity index (χ0n) is 76.5. The first-order chi connectivity index (χ1) is 63.1. The molecule has 6 heterocycles. The number of allylic oxidation sites excluding steroid dienone is 1. The summed E-state index contributed by atoms with van der Waals surface area (Å²) in [5, 5.41) is 257. The Kier molecular flexibility index (Phi) is 53.0. The lowest BCUT2D eigenvalue weighted by atomic mass is 9.88. The minimum atomic E-state index is -3.51. The zero-order chi connectivity index (χ0) is 97.4. The van der Waals surface area contributed by atoms with Crippen molar-refractivity contribution in [3.63, 3.8) is 0 Å². The van der Waals surface area contributed by atoms with Gasteiger partial charge in [0.25, 0.3) is 11.6 Å². The van der Waals surface area contributed by atoms with Crippen LogP contribution in [-0.4, -0.2) is 408 Å². The highest BCUT2D eigenvalue weighted by molar-refractivity contribution is 5.79. The molecule has 44 heteroatoms. The highest BCUT2D eigenvalue weighted by Gasteiger charge is 2.64. The molecule has 6 aliphatic heterocycles. The quantitative estimate of drug-likeness (QED) is 0.0209. The van der Waals surface area contributed by atoms with E-state index in [0.29, 0.717) is 12.8 Å². The second-order valence-corrected chi connectivity index (χ2v) is 35.7. The van der Waals surface area contributed by atoms with Crippen molar-refractivity contribution >= 4 is 35.6 Å². The normalized spacial score (nSPS) is 34.2. The van der Waals surface area contributed by atoms with Gasteiger partial charge in [-0.3, -0.25) is 19.2 Å². The second-order valence-electron chi connectivity index (χ2n) is 35.7. The molecule has 0 aromatic heterocycles. The number of carbonyl (C=O) groups is 6. The predicted octanol–water partition coefficient (Wildman–Crippen LogP) is -3.34. The molecule has 0 aliphatic carbocycles. The molecule has 0 aromatic rings. The Balaban J connectivity index is 1.27. The van der Waals surface area contributed by atoms with Crippen LogP contribution in [-0.2, 0) is 85.6 Å². The summed E-state index contributed by atoms with van der Waals surface area (Å²) in [4.78, 5) is 79.8. The standard InChI is InChI=1S/C88H156N4O40/c1-5-7-9-11-13-15-17-19-20-21-22-23-24-26-28-30-32-34-36-38-61(107)91-51(52(102)37-35-33-31-29-27-25-18-16-14-12-10-8-6-2)48-121-82-71(114)70(113)74(59(45-97)124-82)126-84-73(116)80(132-88(86(119)120)39-53(103)63(89-49(3)100)77(129-88)66(109)55(105)41-93)75(60(46-98)125-84)127-81-65(90-50(4)101)76(68(111)57(43-95)122-81)128-83-72(115)79(69(112)58(44-96)123-83)131-87(85(117)118)40-54(104)64(92-62(108)47-99)78(130-87)67(110)56(106)42-94/h35,37,51-60,63-84,93-99,102-106,109-116H,5-34,36,38-48H2,1-4H3,(H,89,100)(H,90,101)(H,91,107)(H,92,108)(H,117,118)(H,119,120)/b37-35+/t51-,52+,53?,54?,55+,56+,57?,58?,59?,60?,63+,64+,65?,66+,67+,68-,69-,70+,71?,72?,73?,74+,75-,76+,77?,78?,79-,80+,81-,82+,83-,84-,87-,88-/m0/s1. The molecule has 44 nitrogen and oxygen atoms in total. The van der Waals surface area contributed by atoms with Gasteiger partial charge in [-0.2, -0.15) is 0 Å². The molecular formula is C88H156N4O40. The average molecular weight is 1910 g/mol. The first-order valence-electron chi connectivity index (χ1n) is 47.4. The highest BCUT2D eigenvalue weighted by atomic mass is 16.8. The molecule has 12 unspecified atom stereocenters. The number of rotatable bonds is 64. The molecule has 0 radical (unpaired) electrons. The lowest BCUT2D eigenvalue weighted by molar-refractivity contribution is -0.405. The fourth-order valence-corrected chi connectivity index (χ4v) is 17.6. The molecule has 132 heavy (non-hydrogen) atoms. The van der Waals surface area contributed by atoms with Crippen molar-refractivity contribution in [3.05, 3.63) is 12.2 Å². The first-order valence-corrected chi connectivity index (χ1v) is 47.4. The second kappa shape index (κ2) is 60.3. The molecule has 6 fully saturated rings. The lowest BCUT2D eigenvalue weighted by Gasteiger charge is -2.53. The van der Waals surface area contributed by atoms with Crippen LogP contribution < -0.4 is 21.3 Å². The van der Waals surface area contributed by atoms with Crippen LogP contribution in [0.15, 0.2) is 12.2 Å². The third-order valence-corrected chi connectivity index (χ3v) is 25.2. The Labute approximate surface area is 770 Å². The van der Waals surface area contributed by atoms with Gasteiger partial charge in [0, 0.05) is 33.1 Å². The molecule has 0 spiro atoms. The molecule has 0 saturated carbocycles. The predicted molar refractivity (Wildman–Crippen MR) is 460 cm³/mol. The van der Waals surface area contributed by atoms with E-state index in [-0.39, 0.29) is 6.42 Å². The molecule has 768 valence electrons. The number of carboxylic acid groups (broad SMARTS) is 2. The number of carboxylic acids is 2. The number of aliphatic hydroxyl groups is 20. The van der Waals surface area contributed by atoms with E-state index < -0.39 is 309 Å². The molecule has 6 aliphatic rings. The van der Waals surface area contributed by atoms with Crippen molar-refractivity contribution < 1.29 is 198 Å². The van der Waals surface area contributed by atoms with E-state index in [9.17, 15) is 141 Å². The molecule has 26 N–H and O–H groups in total. The summed E-state index contributed by atoms with van der Waals surface area (Å²) >= 11 is 0. The van der Waals surface area contributed by atoms with Gasteiger partial charge in [-0.15, -0.1) is 0 Å². The van der Waals surface area contributed by atoms with E-state index in [2.05, 4.69) is 35.1 Å². The third-order valence-electron chi connectivity index (χ3n) is 25.2. The monoisotopic (exact) mass is 1910 g/mol. The number of unbranched alkanes of at least 4 members (excludes halogenated alkanes) is 29. The zero-order valence-corrected chi connectivity index (χ0v) is 76.5. The van der Waals surface area contributed by atoms with E-state index in [0.717, 1.165) is 78.1 Å². The van der Waals surface area contributed by atoms with Crippen molar-refractivity contribution in [3.8, 4) is 0 Å². The van der Waals surface area contributed by atoms with E-state index in [1.807, 2.05) is 0 Å². The van der Waals surface area contributed by atoms with Gasteiger partial charge in [0.1, 0.15) is 141 Å². The number of aliphatic hydroxyl groups excluding tert-OH is 20. The maximum absolute atomic E-state index is 14.1. The number of carbonyl (C=O) groups excluding carboxylic acids is 4. The lowest BCUT2D eigenvalue weighted by Crippen LogP contribution is -2.72. The maximum atomic E-state index is 14.1. The van der Waals surface area contributed by atoms with Crippen LogP contribution in [0.3, 0.4) is 0 Å². The average Bonchev–Trinajstić information content (AvgIpc) is 0.748. The van der Waals surface area contributed by atoms with Crippen molar-refractivity contribution in [2.24, 2.45) is 0 Å².